The van der Waals surface area contributed by atoms with Crippen molar-refractivity contribution in [3.05, 3.63) is 10.1 Å². The quantitative estimate of drug-likeness (QED) is 0.503. The van der Waals surface area contributed by atoms with Crippen LogP contribution in [0.3, 0.4) is 0 Å². The van der Waals surface area contributed by atoms with Crippen LogP contribution in [0.1, 0.15) is 6.92 Å². The molecule has 1 amide bonds. The molecule has 112 valence electrons. The van der Waals surface area contributed by atoms with Gasteiger partial charge in [0.15, 0.2) is 22.2 Å². The monoisotopic (exact) mass is 308 g/mol. The SMILES string of the molecule is CC(=O)Nc1nonc1-c1nonc1-c1nonc1[N+](=O)[O-]. The van der Waals surface area contributed by atoms with Crippen LogP contribution in [0, 0.1) is 10.1 Å². The summed E-state index contributed by atoms with van der Waals surface area (Å²) in [5.74, 6) is -1.19. The molecule has 0 fully saturated rings. The van der Waals surface area contributed by atoms with E-state index in [1.54, 1.807) is 0 Å². The largest absolute Gasteiger partial charge is 0.444 e. The first-order valence-electron chi connectivity index (χ1n) is 5.48. The van der Waals surface area contributed by atoms with Crippen LogP contribution >= 0.6 is 0 Å². The van der Waals surface area contributed by atoms with E-state index in [0.29, 0.717) is 0 Å². The minimum Gasteiger partial charge on any atom is -0.358 e. The number of anilines is 1. The van der Waals surface area contributed by atoms with Crippen LogP contribution < -0.4 is 5.32 Å². The lowest BCUT2D eigenvalue weighted by Gasteiger charge is -1.96. The van der Waals surface area contributed by atoms with Gasteiger partial charge in [-0.15, -0.1) is 4.63 Å². The van der Waals surface area contributed by atoms with Crippen LogP contribution in [0.15, 0.2) is 13.9 Å². The third-order valence-electron chi connectivity index (χ3n) is 2.36. The second kappa shape index (κ2) is 5.00. The topological polar surface area (TPSA) is 189 Å². The maximum Gasteiger partial charge on any atom is 0.444 e. The van der Waals surface area contributed by atoms with Gasteiger partial charge in [-0.25, -0.2) is 9.26 Å². The molecule has 0 atom stereocenters. The fourth-order valence-electron chi connectivity index (χ4n) is 1.54. The number of nitro groups is 1. The Bertz CT molecular complexity index is 848. The maximum absolute atomic E-state index is 11.1. The first-order chi connectivity index (χ1) is 10.6. The van der Waals surface area contributed by atoms with Crippen molar-refractivity contribution >= 4 is 17.5 Å². The number of rotatable bonds is 4. The molecule has 14 nitrogen and oxygen atoms in total. The summed E-state index contributed by atoms with van der Waals surface area (Å²) in [4.78, 5) is 21.1. The lowest BCUT2D eigenvalue weighted by molar-refractivity contribution is -0.390. The number of carbonyl (C=O) groups excluding carboxylic acids is 1. The molecule has 3 rings (SSSR count). The summed E-state index contributed by atoms with van der Waals surface area (Å²) in [6, 6.07) is 0. The summed E-state index contributed by atoms with van der Waals surface area (Å²) >= 11 is 0. The third-order valence-corrected chi connectivity index (χ3v) is 2.36. The number of carbonyl (C=O) groups is 1. The van der Waals surface area contributed by atoms with E-state index in [-0.39, 0.29) is 28.6 Å². The Morgan fingerprint density at radius 1 is 0.955 bits per heavy atom. The summed E-state index contributed by atoms with van der Waals surface area (Å²) in [7, 11) is 0. The predicted octanol–water partition coefficient (Wildman–Crippen LogP) is 0.0362. The van der Waals surface area contributed by atoms with Gasteiger partial charge in [-0.2, -0.15) is 0 Å². The molecule has 22 heavy (non-hydrogen) atoms. The van der Waals surface area contributed by atoms with Crippen LogP contribution in [-0.2, 0) is 4.79 Å². The zero-order chi connectivity index (χ0) is 15.7. The van der Waals surface area contributed by atoms with Crippen molar-refractivity contribution in [3.8, 4) is 22.8 Å². The Labute approximate surface area is 118 Å². The van der Waals surface area contributed by atoms with E-state index in [9.17, 15) is 14.9 Å². The molecule has 0 saturated heterocycles. The van der Waals surface area contributed by atoms with Crippen molar-refractivity contribution in [1.29, 1.82) is 0 Å². The molecule has 1 N–H and O–H groups in total. The lowest BCUT2D eigenvalue weighted by atomic mass is 10.2. The van der Waals surface area contributed by atoms with Crippen molar-refractivity contribution in [1.82, 2.24) is 30.9 Å². The number of hydrogen-bond donors (Lipinski definition) is 1. The van der Waals surface area contributed by atoms with Gasteiger partial charge in [-0.05, 0) is 30.7 Å². The van der Waals surface area contributed by atoms with Gasteiger partial charge in [0.2, 0.25) is 17.4 Å². The van der Waals surface area contributed by atoms with E-state index in [1.807, 2.05) is 0 Å². The number of aromatic nitrogens is 6. The molecule has 0 spiro atoms. The average molecular weight is 308 g/mol. The third kappa shape index (κ3) is 2.13. The van der Waals surface area contributed by atoms with E-state index in [1.165, 1.54) is 6.92 Å². The van der Waals surface area contributed by atoms with Crippen molar-refractivity contribution in [2.24, 2.45) is 0 Å². The molecule has 0 saturated carbocycles. The van der Waals surface area contributed by atoms with Gasteiger partial charge in [-0.1, -0.05) is 0 Å². The second-order valence-electron chi connectivity index (χ2n) is 3.80. The van der Waals surface area contributed by atoms with Gasteiger partial charge in [-0.3, -0.25) is 4.79 Å². The standard InChI is InChI=1S/C8H4N8O6/c1-2(17)9-7-5(12-21-14-7)3-4(11-20-10-3)6-8(16(18)19)15-22-13-6/h1H3,(H,9,14,17). The van der Waals surface area contributed by atoms with E-state index < -0.39 is 16.6 Å². The summed E-state index contributed by atoms with van der Waals surface area (Å²) in [6.07, 6.45) is 0. The minimum absolute atomic E-state index is 0.0521. The number of nitrogens with one attached hydrogen (secondary N) is 1. The van der Waals surface area contributed by atoms with Gasteiger partial charge >= 0.3 is 5.82 Å². The van der Waals surface area contributed by atoms with Crippen LogP contribution in [0.4, 0.5) is 11.6 Å². The molecular weight excluding hydrogens is 304 g/mol. The zero-order valence-electron chi connectivity index (χ0n) is 10.6. The molecular formula is C8H4N8O6. The lowest BCUT2D eigenvalue weighted by Crippen LogP contribution is -2.07. The normalized spacial score (nSPS) is 10.6. The Morgan fingerprint density at radius 3 is 2.18 bits per heavy atom. The summed E-state index contributed by atoms with van der Waals surface area (Å²) in [5.41, 5.74) is -0.638. The van der Waals surface area contributed by atoms with E-state index in [0.717, 1.165) is 0 Å². The van der Waals surface area contributed by atoms with Crippen LogP contribution in [-0.4, -0.2) is 41.8 Å². The second-order valence-corrected chi connectivity index (χ2v) is 3.80. The number of nitrogens with zero attached hydrogens (tertiary/aromatic N) is 7. The van der Waals surface area contributed by atoms with E-state index in [2.05, 4.69) is 50.1 Å². The van der Waals surface area contributed by atoms with E-state index >= 15 is 0 Å². The molecule has 0 aliphatic carbocycles. The molecule has 0 aromatic carbocycles. The summed E-state index contributed by atoms with van der Waals surface area (Å²) < 4.78 is 13.4. The van der Waals surface area contributed by atoms with E-state index in [4.69, 9.17) is 0 Å². The van der Waals surface area contributed by atoms with Gasteiger partial charge in [0, 0.05) is 6.92 Å². The average Bonchev–Trinajstić information content (AvgIpc) is 3.16. The van der Waals surface area contributed by atoms with Crippen molar-refractivity contribution < 1.29 is 23.6 Å². The van der Waals surface area contributed by atoms with Gasteiger partial charge in [0.25, 0.3) is 0 Å². The zero-order valence-corrected chi connectivity index (χ0v) is 10.6. The fourth-order valence-corrected chi connectivity index (χ4v) is 1.54. The molecule has 14 heteroatoms. The fraction of sp³-hybridized carbons (Fsp3) is 0.125. The van der Waals surface area contributed by atoms with Crippen molar-refractivity contribution in [2.75, 3.05) is 5.32 Å². The van der Waals surface area contributed by atoms with Crippen molar-refractivity contribution in [2.45, 2.75) is 6.92 Å². The van der Waals surface area contributed by atoms with Crippen LogP contribution in [0.25, 0.3) is 22.8 Å². The summed E-state index contributed by atoms with van der Waals surface area (Å²) in [6.45, 7) is 1.24. The van der Waals surface area contributed by atoms with Crippen LogP contribution in [0.5, 0.6) is 0 Å². The number of amides is 1. The molecule has 3 heterocycles. The smallest absolute Gasteiger partial charge is 0.358 e. The molecule has 0 unspecified atom stereocenters. The number of hydrogen-bond acceptors (Lipinski definition) is 12. The maximum atomic E-state index is 11.1. The first-order valence-corrected chi connectivity index (χ1v) is 5.48. The Hall–Kier alpha value is -3.71. The Morgan fingerprint density at radius 2 is 1.50 bits per heavy atom. The minimum atomic E-state index is -0.819. The molecule has 0 radical (unpaired) electrons. The highest BCUT2D eigenvalue weighted by Crippen LogP contribution is 2.33. The van der Waals surface area contributed by atoms with Gasteiger partial charge in [0.05, 0.1) is 0 Å². The molecule has 0 aliphatic rings. The van der Waals surface area contributed by atoms with Gasteiger partial charge in [0.1, 0.15) is 0 Å². The highest BCUT2D eigenvalue weighted by molar-refractivity contribution is 5.92. The Balaban J connectivity index is 2.10. The highest BCUT2D eigenvalue weighted by atomic mass is 16.6. The molecule has 0 bridgehead atoms. The first kappa shape index (κ1) is 13.3. The molecule has 3 aromatic rings. The summed E-state index contributed by atoms with van der Waals surface area (Å²) in [5, 5.41) is 33.8. The van der Waals surface area contributed by atoms with Crippen LogP contribution in [0.2, 0.25) is 0 Å². The van der Waals surface area contributed by atoms with Gasteiger partial charge < -0.3 is 15.4 Å². The molecule has 0 aliphatic heterocycles. The highest BCUT2D eigenvalue weighted by Gasteiger charge is 2.32. The molecule has 3 aromatic heterocycles. The Kier molecular flexibility index (Phi) is 3.02. The predicted molar refractivity (Wildman–Crippen MR) is 61.8 cm³/mol. The van der Waals surface area contributed by atoms with Crippen molar-refractivity contribution in [3.63, 3.8) is 0 Å².